The molecule has 0 aromatic heterocycles. The Labute approximate surface area is 172 Å². The second-order valence-corrected chi connectivity index (χ2v) is 8.23. The molecule has 1 aliphatic rings. The number of hydrogen-bond donors (Lipinski definition) is 0. The van der Waals surface area contributed by atoms with Gasteiger partial charge in [-0.15, -0.1) is 0 Å². The van der Waals surface area contributed by atoms with Crippen LogP contribution < -0.4 is 0 Å². The van der Waals surface area contributed by atoms with E-state index in [0.717, 1.165) is 50.9 Å². The van der Waals surface area contributed by atoms with Gasteiger partial charge in [-0.3, -0.25) is 4.90 Å². The van der Waals surface area contributed by atoms with E-state index in [2.05, 4.69) is 42.2 Å². The molecule has 2 nitrogen and oxygen atoms in total. The average molecular weight is 401 g/mol. The van der Waals surface area contributed by atoms with E-state index in [-0.39, 0.29) is 0 Å². The Hall–Kier alpha value is -1.53. The van der Waals surface area contributed by atoms with Gasteiger partial charge in [-0.25, -0.2) is 0 Å². The third kappa shape index (κ3) is 4.66. The zero-order chi connectivity index (χ0) is 19.3. The van der Waals surface area contributed by atoms with Gasteiger partial charge in [0.1, 0.15) is 0 Å². The van der Waals surface area contributed by atoms with Crippen LogP contribution in [0.4, 0.5) is 0 Å². The van der Waals surface area contributed by atoms with Crippen molar-refractivity contribution in [1.82, 2.24) is 4.90 Å². The third-order valence-corrected chi connectivity index (χ3v) is 6.25. The van der Waals surface area contributed by atoms with Crippen LogP contribution in [0.15, 0.2) is 48.5 Å². The van der Waals surface area contributed by atoms with Crippen LogP contribution in [0, 0.1) is 17.2 Å². The van der Waals surface area contributed by atoms with Crippen molar-refractivity contribution in [3.63, 3.8) is 0 Å². The summed E-state index contributed by atoms with van der Waals surface area (Å²) in [6.45, 7) is 5.08. The first-order chi connectivity index (χ1) is 13.1. The van der Waals surface area contributed by atoms with E-state index in [9.17, 15) is 5.26 Å². The van der Waals surface area contributed by atoms with Gasteiger partial charge in [-0.05, 0) is 62.4 Å². The normalized spacial score (nSPS) is 16.1. The van der Waals surface area contributed by atoms with Gasteiger partial charge in [0.2, 0.25) is 0 Å². The molecular formula is C23H26Cl2N2. The minimum Gasteiger partial charge on any atom is -0.299 e. The van der Waals surface area contributed by atoms with E-state index in [0.29, 0.717) is 16.0 Å². The number of benzene rings is 2. The van der Waals surface area contributed by atoms with Crippen molar-refractivity contribution in [2.75, 3.05) is 13.1 Å². The second-order valence-electron chi connectivity index (χ2n) is 7.41. The molecule has 1 fully saturated rings. The predicted molar refractivity (Wildman–Crippen MR) is 113 cm³/mol. The van der Waals surface area contributed by atoms with Crippen molar-refractivity contribution < 1.29 is 0 Å². The molecular weight excluding hydrogens is 375 g/mol. The Kier molecular flexibility index (Phi) is 6.82. The van der Waals surface area contributed by atoms with Gasteiger partial charge in [-0.2, -0.15) is 5.26 Å². The highest BCUT2D eigenvalue weighted by molar-refractivity contribution is 6.36. The topological polar surface area (TPSA) is 27.0 Å². The maximum atomic E-state index is 10.2. The standard InChI is InChI=1S/C23H26Cl2N2/c1-2-27(16-18-8-4-3-5-9-18)15-7-14-23(17-26,19-12-13-19)22-20(24)10-6-11-21(22)25/h3-6,8-11,19H,2,7,12-16H2,1H3. The maximum absolute atomic E-state index is 10.2. The minimum atomic E-state index is -0.568. The lowest BCUT2D eigenvalue weighted by molar-refractivity contribution is 0.261. The van der Waals surface area contributed by atoms with Crippen molar-refractivity contribution in [2.24, 2.45) is 5.92 Å². The molecule has 0 heterocycles. The molecule has 0 radical (unpaired) electrons. The maximum Gasteiger partial charge on any atom is 0.0879 e. The first-order valence-electron chi connectivity index (χ1n) is 9.72. The molecule has 142 valence electrons. The highest BCUT2D eigenvalue weighted by Gasteiger charge is 2.48. The Morgan fingerprint density at radius 1 is 1.07 bits per heavy atom. The molecule has 1 aliphatic carbocycles. The molecule has 1 saturated carbocycles. The Bertz CT molecular complexity index is 776. The van der Waals surface area contributed by atoms with Crippen LogP contribution in [0.1, 0.15) is 43.7 Å². The summed E-state index contributed by atoms with van der Waals surface area (Å²) in [5.41, 5.74) is 1.59. The fraction of sp³-hybridized carbons (Fsp3) is 0.435. The Morgan fingerprint density at radius 3 is 2.30 bits per heavy atom. The van der Waals surface area contributed by atoms with Gasteiger partial charge in [-0.1, -0.05) is 66.5 Å². The summed E-state index contributed by atoms with van der Waals surface area (Å²) in [4.78, 5) is 2.43. The van der Waals surface area contributed by atoms with Crippen LogP contribution in [0.25, 0.3) is 0 Å². The molecule has 0 spiro atoms. The van der Waals surface area contributed by atoms with Crippen molar-refractivity contribution in [3.05, 3.63) is 69.7 Å². The summed E-state index contributed by atoms with van der Waals surface area (Å²) in [6.07, 6.45) is 3.91. The first-order valence-corrected chi connectivity index (χ1v) is 10.5. The van der Waals surface area contributed by atoms with E-state index in [4.69, 9.17) is 23.2 Å². The van der Waals surface area contributed by atoms with Crippen molar-refractivity contribution in [1.29, 1.82) is 5.26 Å². The lowest BCUT2D eigenvalue weighted by Crippen LogP contribution is -2.31. The fourth-order valence-electron chi connectivity index (χ4n) is 4.01. The molecule has 1 atom stereocenters. The van der Waals surface area contributed by atoms with Crippen molar-refractivity contribution in [3.8, 4) is 6.07 Å². The van der Waals surface area contributed by atoms with Gasteiger partial charge < -0.3 is 0 Å². The fourth-order valence-corrected chi connectivity index (χ4v) is 4.74. The average Bonchev–Trinajstić information content (AvgIpc) is 3.52. The smallest absolute Gasteiger partial charge is 0.0879 e. The highest BCUT2D eigenvalue weighted by Crippen LogP contribution is 2.53. The summed E-state index contributed by atoms with van der Waals surface area (Å²) in [7, 11) is 0. The second kappa shape index (κ2) is 9.11. The zero-order valence-corrected chi connectivity index (χ0v) is 17.3. The first kappa shape index (κ1) is 20.2. The van der Waals surface area contributed by atoms with Crippen LogP contribution in [0.3, 0.4) is 0 Å². The van der Waals surface area contributed by atoms with Crippen LogP contribution in [-0.4, -0.2) is 18.0 Å². The van der Waals surface area contributed by atoms with E-state index in [1.54, 1.807) is 0 Å². The van der Waals surface area contributed by atoms with Crippen molar-refractivity contribution in [2.45, 2.75) is 44.6 Å². The molecule has 0 aliphatic heterocycles. The van der Waals surface area contributed by atoms with Crippen molar-refractivity contribution >= 4 is 23.2 Å². The summed E-state index contributed by atoms with van der Waals surface area (Å²) >= 11 is 13.0. The Balaban J connectivity index is 1.72. The molecule has 0 amide bonds. The molecule has 1 unspecified atom stereocenters. The van der Waals surface area contributed by atoms with Gasteiger partial charge in [0.15, 0.2) is 0 Å². The van der Waals surface area contributed by atoms with E-state index >= 15 is 0 Å². The number of nitriles is 1. The number of halogens is 2. The van der Waals surface area contributed by atoms with Gasteiger partial charge in [0.05, 0.1) is 11.5 Å². The molecule has 0 N–H and O–H groups in total. The SMILES string of the molecule is CCN(CCCC(C#N)(c1c(Cl)cccc1Cl)C1CC1)Cc1ccccc1. The van der Waals surface area contributed by atoms with Gasteiger partial charge in [0, 0.05) is 22.2 Å². The summed E-state index contributed by atoms with van der Waals surface area (Å²) in [6, 6.07) is 18.7. The highest BCUT2D eigenvalue weighted by atomic mass is 35.5. The molecule has 0 saturated heterocycles. The largest absolute Gasteiger partial charge is 0.299 e. The zero-order valence-electron chi connectivity index (χ0n) is 15.8. The van der Waals surface area contributed by atoms with Gasteiger partial charge >= 0.3 is 0 Å². The number of hydrogen-bond acceptors (Lipinski definition) is 2. The predicted octanol–water partition coefficient (Wildman–Crippen LogP) is 6.47. The Morgan fingerprint density at radius 2 is 1.74 bits per heavy atom. The summed E-state index contributed by atoms with van der Waals surface area (Å²) < 4.78 is 0. The van der Waals surface area contributed by atoms with Crippen LogP contribution in [-0.2, 0) is 12.0 Å². The van der Waals surface area contributed by atoms with E-state index in [1.165, 1.54) is 5.56 Å². The van der Waals surface area contributed by atoms with Crippen LogP contribution in [0.5, 0.6) is 0 Å². The minimum absolute atomic E-state index is 0.365. The van der Waals surface area contributed by atoms with E-state index in [1.807, 2.05) is 24.3 Å². The third-order valence-electron chi connectivity index (χ3n) is 5.62. The summed E-state index contributed by atoms with van der Waals surface area (Å²) in [5, 5.41) is 11.4. The number of nitrogens with zero attached hydrogens (tertiary/aromatic N) is 2. The summed E-state index contributed by atoms with van der Waals surface area (Å²) in [5.74, 6) is 0.365. The quantitative estimate of drug-likeness (QED) is 0.482. The van der Waals surface area contributed by atoms with Crippen LogP contribution in [0.2, 0.25) is 10.0 Å². The number of rotatable bonds is 9. The lowest BCUT2D eigenvalue weighted by Gasteiger charge is -2.30. The molecule has 2 aromatic carbocycles. The van der Waals surface area contributed by atoms with E-state index < -0.39 is 5.41 Å². The molecule has 4 heteroatoms. The molecule has 0 bridgehead atoms. The molecule has 27 heavy (non-hydrogen) atoms. The van der Waals surface area contributed by atoms with Gasteiger partial charge in [0.25, 0.3) is 0 Å². The van der Waals surface area contributed by atoms with Crippen LogP contribution >= 0.6 is 23.2 Å². The lowest BCUT2D eigenvalue weighted by atomic mass is 9.73. The molecule has 3 rings (SSSR count). The monoisotopic (exact) mass is 400 g/mol. The molecule has 2 aromatic rings.